The summed E-state index contributed by atoms with van der Waals surface area (Å²) in [6, 6.07) is 27.4. The second-order valence-corrected chi connectivity index (χ2v) is 8.37. The maximum absolute atomic E-state index is 2.59. The number of allylic oxidation sites excluding steroid dienone is 2. The lowest BCUT2D eigenvalue weighted by Crippen LogP contribution is -2.24. The fourth-order valence-electron chi connectivity index (χ4n) is 5.09. The molecule has 0 fully saturated rings. The molecule has 0 saturated heterocycles. The first-order valence-corrected chi connectivity index (χ1v) is 10.1. The predicted octanol–water partition coefficient (Wildman–Crippen LogP) is 6.83. The zero-order chi connectivity index (χ0) is 18.4. The number of hydrogen-bond donors (Lipinski definition) is 0. The predicted molar refractivity (Wildman–Crippen MR) is 114 cm³/mol. The zero-order valence-corrected chi connectivity index (χ0v) is 16.2. The minimum atomic E-state index is 0.577. The van der Waals surface area contributed by atoms with Crippen LogP contribution in [-0.4, -0.2) is 0 Å². The molecule has 3 atom stereocenters. The van der Waals surface area contributed by atoms with Gasteiger partial charge in [0, 0.05) is 0 Å². The van der Waals surface area contributed by atoms with Crippen LogP contribution in [0.3, 0.4) is 0 Å². The van der Waals surface area contributed by atoms with Gasteiger partial charge >= 0.3 is 0 Å². The van der Waals surface area contributed by atoms with E-state index in [0.717, 1.165) is 12.8 Å². The third-order valence-corrected chi connectivity index (χ3v) is 6.58. The standard InChI is InChI=1S/C27H26/c1-18-7-11-20(12-8-18)23-16-26-24-6-4-3-5-22(24)15-25(27(26)17-23)21-13-9-19(2)10-14-21/h3-14,17,25-27H,15-16H2,1-2H3. The first-order chi connectivity index (χ1) is 13.2. The lowest BCUT2D eigenvalue weighted by atomic mass is 9.68. The van der Waals surface area contributed by atoms with Gasteiger partial charge in [-0.3, -0.25) is 0 Å². The Balaban J connectivity index is 1.58. The van der Waals surface area contributed by atoms with Crippen LogP contribution in [0.25, 0.3) is 5.57 Å². The summed E-state index contributed by atoms with van der Waals surface area (Å²) in [4.78, 5) is 0. The van der Waals surface area contributed by atoms with Gasteiger partial charge in [-0.15, -0.1) is 0 Å². The lowest BCUT2D eigenvalue weighted by Gasteiger charge is -2.36. The van der Waals surface area contributed by atoms with Crippen LogP contribution in [0, 0.1) is 19.8 Å². The molecule has 2 aliphatic rings. The molecule has 3 unspecified atom stereocenters. The SMILES string of the molecule is Cc1ccc(C2=CC3C(c4ccc(C)cc4)Cc4ccccc4C3C2)cc1. The third kappa shape index (κ3) is 2.94. The molecule has 5 rings (SSSR count). The van der Waals surface area contributed by atoms with E-state index < -0.39 is 0 Å². The molecule has 3 aromatic rings. The second kappa shape index (κ2) is 6.53. The lowest BCUT2D eigenvalue weighted by molar-refractivity contribution is 0.412. The molecule has 0 aromatic heterocycles. The molecule has 0 saturated carbocycles. The van der Waals surface area contributed by atoms with Crippen LogP contribution >= 0.6 is 0 Å². The number of fused-ring (bicyclic) bond motifs is 3. The molecule has 0 radical (unpaired) electrons. The zero-order valence-electron chi connectivity index (χ0n) is 16.2. The van der Waals surface area contributed by atoms with Gasteiger partial charge in [0.15, 0.2) is 0 Å². The second-order valence-electron chi connectivity index (χ2n) is 8.37. The molecule has 0 aliphatic heterocycles. The van der Waals surface area contributed by atoms with E-state index in [9.17, 15) is 0 Å². The smallest absolute Gasteiger partial charge is 0.00495 e. The maximum atomic E-state index is 2.59. The Morgan fingerprint density at radius 3 is 2.07 bits per heavy atom. The quantitative estimate of drug-likeness (QED) is 0.475. The molecular weight excluding hydrogens is 324 g/mol. The molecule has 27 heavy (non-hydrogen) atoms. The molecule has 0 heterocycles. The summed E-state index contributed by atoms with van der Waals surface area (Å²) in [5.74, 6) is 1.78. The summed E-state index contributed by atoms with van der Waals surface area (Å²) in [5, 5.41) is 0. The van der Waals surface area contributed by atoms with Crippen molar-refractivity contribution in [2.45, 2.75) is 38.5 Å². The van der Waals surface area contributed by atoms with Crippen molar-refractivity contribution >= 4 is 5.57 Å². The Labute approximate surface area is 162 Å². The van der Waals surface area contributed by atoms with Gasteiger partial charge in [0.2, 0.25) is 0 Å². The number of hydrogen-bond acceptors (Lipinski definition) is 0. The maximum Gasteiger partial charge on any atom is -0.00495 e. The molecule has 0 spiro atoms. The Morgan fingerprint density at radius 2 is 1.33 bits per heavy atom. The van der Waals surface area contributed by atoms with Crippen molar-refractivity contribution in [3.8, 4) is 0 Å². The molecule has 3 aromatic carbocycles. The van der Waals surface area contributed by atoms with Crippen molar-refractivity contribution < 1.29 is 0 Å². The van der Waals surface area contributed by atoms with Crippen molar-refractivity contribution in [3.63, 3.8) is 0 Å². The van der Waals surface area contributed by atoms with Crippen molar-refractivity contribution in [2.24, 2.45) is 5.92 Å². The van der Waals surface area contributed by atoms with E-state index in [4.69, 9.17) is 0 Å². The van der Waals surface area contributed by atoms with E-state index in [1.54, 1.807) is 11.1 Å². The Kier molecular flexibility index (Phi) is 4.01. The van der Waals surface area contributed by atoms with E-state index in [1.165, 1.54) is 27.8 Å². The van der Waals surface area contributed by atoms with Crippen LogP contribution in [-0.2, 0) is 6.42 Å². The summed E-state index contributed by atoms with van der Waals surface area (Å²) >= 11 is 0. The van der Waals surface area contributed by atoms with E-state index in [2.05, 4.69) is 92.7 Å². The molecule has 0 nitrogen and oxygen atoms in total. The van der Waals surface area contributed by atoms with Crippen LogP contribution < -0.4 is 0 Å². The van der Waals surface area contributed by atoms with Crippen LogP contribution in [0.15, 0.2) is 78.9 Å². The first-order valence-electron chi connectivity index (χ1n) is 10.1. The van der Waals surface area contributed by atoms with Crippen molar-refractivity contribution in [2.75, 3.05) is 0 Å². The normalized spacial score (nSPS) is 23.5. The highest BCUT2D eigenvalue weighted by molar-refractivity contribution is 5.70. The first kappa shape index (κ1) is 16.6. The van der Waals surface area contributed by atoms with Crippen molar-refractivity contribution in [1.29, 1.82) is 0 Å². The summed E-state index contributed by atoms with van der Waals surface area (Å²) in [5.41, 5.74) is 10.2. The highest BCUT2D eigenvalue weighted by Crippen LogP contribution is 2.53. The van der Waals surface area contributed by atoms with Crippen LogP contribution in [0.4, 0.5) is 0 Å². The average molecular weight is 351 g/mol. The summed E-state index contributed by atoms with van der Waals surface area (Å²) < 4.78 is 0. The summed E-state index contributed by atoms with van der Waals surface area (Å²) in [7, 11) is 0. The van der Waals surface area contributed by atoms with E-state index in [-0.39, 0.29) is 0 Å². The van der Waals surface area contributed by atoms with E-state index in [1.807, 2.05) is 0 Å². The van der Waals surface area contributed by atoms with Gasteiger partial charge in [-0.2, -0.15) is 0 Å². The minimum absolute atomic E-state index is 0.577. The highest BCUT2D eigenvalue weighted by Gasteiger charge is 2.40. The molecule has 0 bridgehead atoms. The topological polar surface area (TPSA) is 0 Å². The van der Waals surface area contributed by atoms with Crippen LogP contribution in [0.1, 0.15) is 51.6 Å². The van der Waals surface area contributed by atoms with Gasteiger partial charge in [0.1, 0.15) is 0 Å². The molecule has 0 heteroatoms. The van der Waals surface area contributed by atoms with Crippen molar-refractivity contribution in [3.05, 3.63) is 112 Å². The molecular formula is C27H26. The van der Waals surface area contributed by atoms with E-state index >= 15 is 0 Å². The largest absolute Gasteiger partial charge is 0.0763 e. The molecule has 134 valence electrons. The Hall–Kier alpha value is -2.60. The van der Waals surface area contributed by atoms with Crippen LogP contribution in [0.5, 0.6) is 0 Å². The summed E-state index contributed by atoms with van der Waals surface area (Å²) in [6.45, 7) is 4.34. The monoisotopic (exact) mass is 350 g/mol. The van der Waals surface area contributed by atoms with Gasteiger partial charge in [0.05, 0.1) is 0 Å². The number of rotatable bonds is 2. The fourth-order valence-corrected chi connectivity index (χ4v) is 5.09. The third-order valence-electron chi connectivity index (χ3n) is 6.58. The molecule has 0 amide bonds. The summed E-state index contributed by atoms with van der Waals surface area (Å²) in [6.07, 6.45) is 4.90. The van der Waals surface area contributed by atoms with Gasteiger partial charge < -0.3 is 0 Å². The van der Waals surface area contributed by atoms with Gasteiger partial charge in [0.25, 0.3) is 0 Å². The molecule has 0 N–H and O–H groups in total. The molecule has 2 aliphatic carbocycles. The van der Waals surface area contributed by atoms with Gasteiger partial charge in [-0.25, -0.2) is 0 Å². The Bertz CT molecular complexity index is 989. The van der Waals surface area contributed by atoms with Gasteiger partial charge in [-0.1, -0.05) is 90.0 Å². The van der Waals surface area contributed by atoms with Crippen LogP contribution in [0.2, 0.25) is 0 Å². The van der Waals surface area contributed by atoms with Gasteiger partial charge in [-0.05, 0) is 72.3 Å². The van der Waals surface area contributed by atoms with E-state index in [0.29, 0.717) is 17.8 Å². The average Bonchev–Trinajstić information content (AvgIpc) is 3.14. The van der Waals surface area contributed by atoms with Crippen molar-refractivity contribution in [1.82, 2.24) is 0 Å². The number of benzene rings is 3. The highest BCUT2D eigenvalue weighted by atomic mass is 14.4. The minimum Gasteiger partial charge on any atom is -0.0763 e. The fraction of sp³-hybridized carbons (Fsp3) is 0.259. The number of aryl methyl sites for hydroxylation is 2. The Morgan fingerprint density at radius 1 is 0.667 bits per heavy atom.